The number of likely N-dealkylation sites (tertiary alicyclic amines) is 1. The number of piperidine rings is 1. The minimum absolute atomic E-state index is 0.0400. The Labute approximate surface area is 247 Å². The topological polar surface area (TPSA) is 54.9 Å². The maximum absolute atomic E-state index is 10.1. The van der Waals surface area contributed by atoms with Gasteiger partial charge in [-0.05, 0) is 94.6 Å². The molecule has 0 amide bonds. The largest absolute Gasteiger partial charge is 0.508 e. The number of piperazine rings is 1. The number of rotatable bonds is 9. The molecule has 1 aromatic heterocycles. The minimum Gasteiger partial charge on any atom is -0.508 e. The smallest absolute Gasteiger partial charge is 0.115 e. The van der Waals surface area contributed by atoms with E-state index in [-0.39, 0.29) is 5.54 Å². The highest BCUT2D eigenvalue weighted by Crippen LogP contribution is 2.39. The summed E-state index contributed by atoms with van der Waals surface area (Å²) in [6.07, 6.45) is 5.39. The molecule has 6 heteroatoms. The van der Waals surface area contributed by atoms with Gasteiger partial charge in [-0.3, -0.25) is 19.7 Å². The zero-order chi connectivity index (χ0) is 29.1. The number of hydrogen-bond donors (Lipinski definition) is 2. The molecule has 2 aliphatic heterocycles. The number of phenolic OH excluding ortho intramolecular Hbond substituents is 1. The molecule has 5 rings (SSSR count). The molecule has 0 spiro atoms. The highest BCUT2D eigenvalue weighted by molar-refractivity contribution is 5.80. The molecule has 2 aromatic carbocycles. The third-order valence-corrected chi connectivity index (χ3v) is 9.61. The van der Waals surface area contributed by atoms with E-state index < -0.39 is 0 Å². The summed E-state index contributed by atoms with van der Waals surface area (Å²) in [6, 6.07) is 18.7. The number of aromatic nitrogens is 1. The first-order chi connectivity index (χ1) is 19.7. The molecule has 0 aliphatic carbocycles. The Kier molecular flexibility index (Phi) is 9.34. The van der Waals surface area contributed by atoms with E-state index in [0.29, 0.717) is 23.9 Å². The molecule has 2 N–H and O–H groups in total. The van der Waals surface area contributed by atoms with Gasteiger partial charge in [-0.25, -0.2) is 0 Å². The Hall–Kier alpha value is -2.51. The SMILES string of the molecule is CCCC(c1cc2ccc(CN3CCC(c4cccc(O)c4)(N(C)C)CC3)cc2nc1CC)N1C[C@@H](C)N[C@@H](C)C1. The molecule has 0 bridgehead atoms. The van der Waals surface area contributed by atoms with E-state index in [1.165, 1.54) is 40.6 Å². The van der Waals surface area contributed by atoms with Gasteiger partial charge in [0.05, 0.1) is 5.52 Å². The Bertz CT molecular complexity index is 1310. The first kappa shape index (κ1) is 30.0. The van der Waals surface area contributed by atoms with Crippen molar-refractivity contribution in [3.05, 3.63) is 70.9 Å². The van der Waals surface area contributed by atoms with Crippen molar-refractivity contribution in [1.82, 2.24) is 25.0 Å². The maximum atomic E-state index is 10.1. The van der Waals surface area contributed by atoms with Gasteiger partial charge in [0.15, 0.2) is 0 Å². The van der Waals surface area contributed by atoms with Gasteiger partial charge in [0, 0.05) is 67.5 Å². The van der Waals surface area contributed by atoms with Gasteiger partial charge in [0.25, 0.3) is 0 Å². The highest BCUT2D eigenvalue weighted by Gasteiger charge is 2.38. The lowest BCUT2D eigenvalue weighted by Crippen LogP contribution is -2.55. The number of fused-ring (bicyclic) bond motifs is 1. The van der Waals surface area contributed by atoms with Crippen molar-refractivity contribution in [2.75, 3.05) is 40.3 Å². The average Bonchev–Trinajstić information content (AvgIpc) is 2.95. The summed E-state index contributed by atoms with van der Waals surface area (Å²) in [7, 11) is 4.34. The van der Waals surface area contributed by atoms with Crippen LogP contribution >= 0.6 is 0 Å². The molecule has 222 valence electrons. The molecular weight excluding hydrogens is 506 g/mol. The predicted octanol–water partition coefficient (Wildman–Crippen LogP) is 6.08. The zero-order valence-corrected chi connectivity index (χ0v) is 26.2. The summed E-state index contributed by atoms with van der Waals surface area (Å²) in [4.78, 5) is 12.9. The Morgan fingerprint density at radius 1 is 1.02 bits per heavy atom. The van der Waals surface area contributed by atoms with Crippen LogP contribution in [0, 0.1) is 0 Å². The molecule has 0 saturated carbocycles. The summed E-state index contributed by atoms with van der Waals surface area (Å²) >= 11 is 0. The third-order valence-electron chi connectivity index (χ3n) is 9.61. The van der Waals surface area contributed by atoms with Crippen LogP contribution in [0.2, 0.25) is 0 Å². The molecule has 3 aromatic rings. The van der Waals surface area contributed by atoms with Gasteiger partial charge >= 0.3 is 0 Å². The third kappa shape index (κ3) is 6.46. The number of benzene rings is 2. The summed E-state index contributed by atoms with van der Waals surface area (Å²) in [6.45, 7) is 14.4. The van der Waals surface area contributed by atoms with Crippen molar-refractivity contribution in [3.8, 4) is 5.75 Å². The van der Waals surface area contributed by atoms with Gasteiger partial charge < -0.3 is 10.4 Å². The van der Waals surface area contributed by atoms with Crippen molar-refractivity contribution >= 4 is 10.9 Å². The van der Waals surface area contributed by atoms with Crippen LogP contribution in [-0.2, 0) is 18.5 Å². The number of aryl methyl sites for hydroxylation is 1. The Morgan fingerprint density at radius 3 is 2.39 bits per heavy atom. The van der Waals surface area contributed by atoms with Crippen LogP contribution in [0.3, 0.4) is 0 Å². The quantitative estimate of drug-likeness (QED) is 0.333. The lowest BCUT2D eigenvalue weighted by atomic mass is 9.79. The molecule has 2 fully saturated rings. The van der Waals surface area contributed by atoms with Crippen LogP contribution in [0.1, 0.15) is 81.8 Å². The summed E-state index contributed by atoms with van der Waals surface area (Å²) < 4.78 is 0. The second-order valence-corrected chi connectivity index (χ2v) is 12.9. The zero-order valence-electron chi connectivity index (χ0n) is 26.2. The number of aromatic hydroxyl groups is 1. The van der Waals surface area contributed by atoms with Crippen molar-refractivity contribution in [1.29, 1.82) is 0 Å². The van der Waals surface area contributed by atoms with Gasteiger partial charge in [-0.2, -0.15) is 0 Å². The molecule has 2 saturated heterocycles. The van der Waals surface area contributed by atoms with Crippen molar-refractivity contribution < 1.29 is 5.11 Å². The normalized spacial score (nSPS) is 22.8. The molecule has 1 unspecified atom stereocenters. The van der Waals surface area contributed by atoms with Crippen LogP contribution in [0.5, 0.6) is 5.75 Å². The van der Waals surface area contributed by atoms with Crippen molar-refractivity contribution in [2.24, 2.45) is 0 Å². The minimum atomic E-state index is -0.0400. The predicted molar refractivity (Wildman–Crippen MR) is 170 cm³/mol. The fourth-order valence-corrected chi connectivity index (χ4v) is 7.50. The summed E-state index contributed by atoms with van der Waals surface area (Å²) in [5.41, 5.74) is 6.32. The molecule has 41 heavy (non-hydrogen) atoms. The molecule has 3 atom stereocenters. The first-order valence-corrected chi connectivity index (χ1v) is 15.8. The van der Waals surface area contributed by atoms with Gasteiger partial charge in [-0.15, -0.1) is 0 Å². The number of hydrogen-bond acceptors (Lipinski definition) is 6. The second-order valence-electron chi connectivity index (χ2n) is 12.9. The summed E-state index contributed by atoms with van der Waals surface area (Å²) in [5.74, 6) is 0.350. The fraction of sp³-hybridized carbons (Fsp3) is 0.571. The molecular formula is C35H51N5O. The number of nitrogens with one attached hydrogen (secondary N) is 1. The Morgan fingerprint density at radius 2 is 1.76 bits per heavy atom. The van der Waals surface area contributed by atoms with Crippen molar-refractivity contribution in [2.45, 2.75) is 90.0 Å². The van der Waals surface area contributed by atoms with Crippen molar-refractivity contribution in [3.63, 3.8) is 0 Å². The van der Waals surface area contributed by atoms with E-state index in [0.717, 1.165) is 57.5 Å². The number of nitrogens with zero attached hydrogens (tertiary/aromatic N) is 4. The fourth-order valence-electron chi connectivity index (χ4n) is 7.50. The molecule has 3 heterocycles. The lowest BCUT2D eigenvalue weighted by molar-refractivity contribution is 0.0506. The van der Waals surface area contributed by atoms with E-state index in [1.54, 1.807) is 6.07 Å². The van der Waals surface area contributed by atoms with Crippen LogP contribution in [0.4, 0.5) is 0 Å². The average molecular weight is 558 g/mol. The standard InChI is InChI=1S/C35H51N5O/c1-7-10-34(40-22-25(3)36-26(4)23-40)31-20-28-14-13-27(19-33(28)37-32(31)8-2)24-39-17-15-35(16-18-39,38(5)6)29-11-9-12-30(41)21-29/h9,11-14,19-21,25-26,34,36,41H,7-8,10,15-18,22-24H2,1-6H3/t25-,26+,34?. The number of phenols is 1. The molecule has 6 nitrogen and oxygen atoms in total. The lowest BCUT2D eigenvalue weighted by Gasteiger charge is -2.46. The van der Waals surface area contributed by atoms with Crippen LogP contribution in [-0.4, -0.2) is 77.1 Å². The van der Waals surface area contributed by atoms with E-state index >= 15 is 0 Å². The summed E-state index contributed by atoms with van der Waals surface area (Å²) in [5, 5.41) is 15.1. The van der Waals surface area contributed by atoms with E-state index in [2.05, 4.69) is 92.1 Å². The Balaban J connectivity index is 1.34. The van der Waals surface area contributed by atoms with Crippen LogP contribution < -0.4 is 5.32 Å². The first-order valence-electron chi connectivity index (χ1n) is 15.8. The number of pyridine rings is 1. The molecule has 2 aliphatic rings. The monoisotopic (exact) mass is 557 g/mol. The van der Waals surface area contributed by atoms with E-state index in [9.17, 15) is 5.11 Å². The van der Waals surface area contributed by atoms with Crippen LogP contribution in [0.25, 0.3) is 10.9 Å². The van der Waals surface area contributed by atoms with Gasteiger partial charge in [0.2, 0.25) is 0 Å². The van der Waals surface area contributed by atoms with E-state index in [4.69, 9.17) is 4.98 Å². The second kappa shape index (κ2) is 12.8. The van der Waals surface area contributed by atoms with Gasteiger partial charge in [-0.1, -0.05) is 44.5 Å². The van der Waals surface area contributed by atoms with E-state index in [1.807, 2.05) is 12.1 Å². The van der Waals surface area contributed by atoms with Crippen LogP contribution in [0.15, 0.2) is 48.5 Å². The molecule has 0 radical (unpaired) electrons. The van der Waals surface area contributed by atoms with Gasteiger partial charge in [0.1, 0.15) is 5.75 Å². The maximum Gasteiger partial charge on any atom is 0.115 e. The highest BCUT2D eigenvalue weighted by atomic mass is 16.3.